The first kappa shape index (κ1) is 27.3. The van der Waals surface area contributed by atoms with Gasteiger partial charge in [-0.05, 0) is 75.0 Å². The summed E-state index contributed by atoms with van der Waals surface area (Å²) in [6.45, 7) is 1.55. The number of halogens is 2. The number of fused-ring (bicyclic) bond motifs is 3. The number of likely N-dealkylation sites (N-methyl/N-ethyl adjacent to an activating group) is 2. The molecule has 1 aliphatic rings. The minimum absolute atomic E-state index is 0.175. The molecule has 0 unspecified atom stereocenters. The lowest BCUT2D eigenvalue weighted by Crippen LogP contribution is -2.29. The number of carbonyl (C=O) groups excluding carboxylic acids is 2. The largest absolute Gasteiger partial charge is 0.364 e. The molecule has 0 radical (unpaired) electrons. The number of hydrogen-bond donors (Lipinski definition) is 2. The van der Waals surface area contributed by atoms with E-state index >= 15 is 0 Å². The molecule has 40 heavy (non-hydrogen) atoms. The number of pyridine rings is 1. The highest BCUT2D eigenvalue weighted by atomic mass is 35.5. The SMILES string of the molecule is CN(C)CCN(C)c1cc(C(=O)Nc2ccc3c(c2)-c2c(c(C(N)=O)nn2-c2ccc(F)cc2)CC3)c(Cl)cn1. The van der Waals surface area contributed by atoms with Crippen molar-refractivity contribution in [3.05, 3.63) is 88.0 Å². The number of nitrogens with one attached hydrogen (secondary N) is 1. The van der Waals surface area contributed by atoms with Gasteiger partial charge in [0, 0.05) is 43.1 Å². The predicted molar refractivity (Wildman–Crippen MR) is 154 cm³/mol. The van der Waals surface area contributed by atoms with Crippen molar-refractivity contribution >= 4 is 34.9 Å². The predicted octanol–water partition coefficient (Wildman–Crippen LogP) is 4.17. The Kier molecular flexibility index (Phi) is 7.55. The van der Waals surface area contributed by atoms with Gasteiger partial charge in [0.05, 0.1) is 22.0 Å². The summed E-state index contributed by atoms with van der Waals surface area (Å²) >= 11 is 6.37. The van der Waals surface area contributed by atoms with Gasteiger partial charge in [0.15, 0.2) is 5.69 Å². The molecular weight excluding hydrogens is 533 g/mol. The Hall–Kier alpha value is -4.28. The number of amides is 2. The number of nitrogens with zero attached hydrogens (tertiary/aromatic N) is 5. The van der Waals surface area contributed by atoms with E-state index in [0.717, 1.165) is 29.8 Å². The van der Waals surface area contributed by atoms with E-state index in [1.165, 1.54) is 18.3 Å². The van der Waals surface area contributed by atoms with Crippen LogP contribution in [0.2, 0.25) is 5.02 Å². The lowest BCUT2D eigenvalue weighted by molar-refractivity contribution is 0.0992. The van der Waals surface area contributed by atoms with E-state index in [1.54, 1.807) is 22.9 Å². The number of benzene rings is 2. The summed E-state index contributed by atoms with van der Waals surface area (Å²) in [4.78, 5) is 34.0. The topological polar surface area (TPSA) is 109 Å². The van der Waals surface area contributed by atoms with E-state index in [-0.39, 0.29) is 22.4 Å². The summed E-state index contributed by atoms with van der Waals surface area (Å²) in [6.07, 6.45) is 2.72. The Morgan fingerprint density at radius 3 is 2.52 bits per heavy atom. The molecule has 2 aromatic carbocycles. The van der Waals surface area contributed by atoms with Crippen molar-refractivity contribution in [2.45, 2.75) is 12.8 Å². The molecule has 1 aliphatic carbocycles. The lowest BCUT2D eigenvalue weighted by atomic mass is 9.88. The van der Waals surface area contributed by atoms with Crippen molar-refractivity contribution in [3.63, 3.8) is 0 Å². The van der Waals surface area contributed by atoms with Crippen molar-refractivity contribution in [2.75, 3.05) is 44.4 Å². The molecule has 2 amide bonds. The molecule has 206 valence electrons. The minimum atomic E-state index is -0.635. The highest BCUT2D eigenvalue weighted by Gasteiger charge is 2.28. The van der Waals surface area contributed by atoms with Gasteiger partial charge >= 0.3 is 0 Å². The number of primary amides is 1. The lowest BCUT2D eigenvalue weighted by Gasteiger charge is -2.21. The van der Waals surface area contributed by atoms with Crippen molar-refractivity contribution in [1.29, 1.82) is 0 Å². The summed E-state index contributed by atoms with van der Waals surface area (Å²) < 4.78 is 15.2. The van der Waals surface area contributed by atoms with E-state index in [1.807, 2.05) is 44.2 Å². The molecule has 0 bridgehead atoms. The molecule has 0 saturated heterocycles. The molecule has 4 aromatic rings. The van der Waals surface area contributed by atoms with Crippen LogP contribution in [0.1, 0.15) is 32.0 Å². The Labute approximate surface area is 236 Å². The average Bonchev–Trinajstić information content (AvgIpc) is 3.33. The molecule has 0 aliphatic heterocycles. The maximum absolute atomic E-state index is 13.6. The number of hydrogen-bond acceptors (Lipinski definition) is 6. The zero-order chi connectivity index (χ0) is 28.6. The van der Waals surface area contributed by atoms with Gasteiger partial charge in [0.2, 0.25) is 0 Å². The average molecular weight is 562 g/mol. The van der Waals surface area contributed by atoms with Crippen LogP contribution in [-0.4, -0.2) is 65.7 Å². The second-order valence-corrected chi connectivity index (χ2v) is 10.4. The van der Waals surface area contributed by atoms with Crippen LogP contribution in [-0.2, 0) is 12.8 Å². The van der Waals surface area contributed by atoms with E-state index < -0.39 is 5.91 Å². The monoisotopic (exact) mass is 561 g/mol. The smallest absolute Gasteiger partial charge is 0.269 e. The number of aromatic nitrogens is 3. The number of nitrogens with two attached hydrogens (primary N) is 1. The third-order valence-corrected chi connectivity index (χ3v) is 7.22. The molecular formula is C29H29ClFN7O2. The fourth-order valence-corrected chi connectivity index (χ4v) is 4.95. The summed E-state index contributed by atoms with van der Waals surface area (Å²) in [5.74, 6) is -0.764. The fourth-order valence-electron chi connectivity index (χ4n) is 4.76. The van der Waals surface area contributed by atoms with Gasteiger partial charge < -0.3 is 20.9 Å². The third kappa shape index (κ3) is 5.41. The molecule has 11 heteroatoms. The third-order valence-electron chi connectivity index (χ3n) is 6.91. The number of aryl methyl sites for hydroxylation is 1. The first-order valence-corrected chi connectivity index (χ1v) is 13.1. The summed E-state index contributed by atoms with van der Waals surface area (Å²) in [6, 6.07) is 13.1. The van der Waals surface area contributed by atoms with E-state index in [4.69, 9.17) is 17.3 Å². The number of rotatable bonds is 8. The summed E-state index contributed by atoms with van der Waals surface area (Å²) in [5, 5.41) is 7.67. The van der Waals surface area contributed by atoms with Crippen molar-refractivity contribution < 1.29 is 14.0 Å². The Balaban J connectivity index is 1.49. The quantitative estimate of drug-likeness (QED) is 0.334. The van der Waals surface area contributed by atoms with E-state index in [9.17, 15) is 14.0 Å². The number of carbonyl (C=O) groups is 2. The number of anilines is 2. The highest BCUT2D eigenvalue weighted by Crippen LogP contribution is 2.38. The van der Waals surface area contributed by atoms with Crippen LogP contribution in [0.15, 0.2) is 54.7 Å². The van der Waals surface area contributed by atoms with Gasteiger partial charge in [-0.25, -0.2) is 14.1 Å². The van der Waals surface area contributed by atoms with Crippen LogP contribution in [0.4, 0.5) is 15.9 Å². The molecule has 2 heterocycles. The standard InChI is InChI=1S/C29H29ClFN7O2/c1-36(2)12-13-37(3)25-15-23(24(30)16-33-25)29(40)34-19-8-4-17-5-11-21-26(28(32)39)35-38(27(21)22(17)14-19)20-9-6-18(31)7-10-20/h4,6-10,14-16H,5,11-13H2,1-3H3,(H2,32,39)(H,34,40). The Morgan fingerprint density at radius 1 is 1.07 bits per heavy atom. The van der Waals surface area contributed by atoms with Crippen LogP contribution < -0.4 is 16.0 Å². The Morgan fingerprint density at radius 2 is 1.82 bits per heavy atom. The second-order valence-electron chi connectivity index (χ2n) is 10.0. The van der Waals surface area contributed by atoms with Gasteiger partial charge in [0.25, 0.3) is 11.8 Å². The second kappa shape index (κ2) is 11.1. The Bertz CT molecular complexity index is 1600. The van der Waals surface area contributed by atoms with Crippen LogP contribution >= 0.6 is 11.6 Å². The van der Waals surface area contributed by atoms with Crippen LogP contribution in [0, 0.1) is 5.82 Å². The van der Waals surface area contributed by atoms with Crippen molar-refractivity contribution in [2.24, 2.45) is 5.73 Å². The van der Waals surface area contributed by atoms with Gasteiger partial charge in [-0.2, -0.15) is 5.10 Å². The zero-order valence-electron chi connectivity index (χ0n) is 22.4. The molecule has 0 saturated carbocycles. The van der Waals surface area contributed by atoms with Gasteiger partial charge in [-0.15, -0.1) is 0 Å². The molecule has 5 rings (SSSR count). The van der Waals surface area contributed by atoms with E-state index in [0.29, 0.717) is 41.3 Å². The van der Waals surface area contributed by atoms with Crippen LogP contribution in [0.25, 0.3) is 16.9 Å². The highest BCUT2D eigenvalue weighted by molar-refractivity contribution is 6.34. The first-order chi connectivity index (χ1) is 19.1. The van der Waals surface area contributed by atoms with Gasteiger partial charge in [-0.1, -0.05) is 17.7 Å². The van der Waals surface area contributed by atoms with Gasteiger partial charge in [0.1, 0.15) is 11.6 Å². The maximum Gasteiger partial charge on any atom is 0.269 e. The van der Waals surface area contributed by atoms with Crippen molar-refractivity contribution in [1.82, 2.24) is 19.7 Å². The molecule has 0 atom stereocenters. The first-order valence-electron chi connectivity index (χ1n) is 12.8. The summed E-state index contributed by atoms with van der Waals surface area (Å²) in [7, 11) is 5.89. The maximum atomic E-state index is 13.6. The van der Waals surface area contributed by atoms with Crippen molar-refractivity contribution in [3.8, 4) is 16.9 Å². The van der Waals surface area contributed by atoms with Crippen LogP contribution in [0.3, 0.4) is 0 Å². The van der Waals surface area contributed by atoms with Crippen LogP contribution in [0.5, 0.6) is 0 Å². The molecule has 9 nitrogen and oxygen atoms in total. The summed E-state index contributed by atoms with van der Waals surface area (Å²) in [5.41, 5.74) is 10.5. The molecule has 3 N–H and O–H groups in total. The van der Waals surface area contributed by atoms with E-state index in [2.05, 4.69) is 20.3 Å². The fraction of sp³-hybridized carbons (Fsp3) is 0.241. The molecule has 0 spiro atoms. The minimum Gasteiger partial charge on any atom is -0.364 e. The molecule has 0 fully saturated rings. The molecule has 2 aromatic heterocycles. The zero-order valence-corrected chi connectivity index (χ0v) is 23.2. The normalized spacial score (nSPS) is 12.2. The van der Waals surface area contributed by atoms with Gasteiger partial charge in [-0.3, -0.25) is 9.59 Å².